The van der Waals surface area contributed by atoms with E-state index in [-0.39, 0.29) is 11.4 Å². The van der Waals surface area contributed by atoms with E-state index in [0.29, 0.717) is 6.42 Å². The largest absolute Gasteiger partial charge is 0.378 e. The maximum absolute atomic E-state index is 12.2. The minimum atomic E-state index is 0.0491. The Morgan fingerprint density at radius 1 is 1.29 bits per heavy atom. The van der Waals surface area contributed by atoms with Crippen molar-refractivity contribution >= 4 is 5.78 Å². The summed E-state index contributed by atoms with van der Waals surface area (Å²) in [6, 6.07) is 7.86. The lowest BCUT2D eigenvalue weighted by atomic mass is 9.93. The van der Waals surface area contributed by atoms with Crippen LogP contribution >= 0.6 is 0 Å². The lowest BCUT2D eigenvalue weighted by Gasteiger charge is -2.38. The number of carbonyl (C=O) groups is 1. The summed E-state index contributed by atoms with van der Waals surface area (Å²) in [5.41, 5.74) is 2.01. The highest BCUT2D eigenvalue weighted by molar-refractivity contribution is 5.97. The van der Waals surface area contributed by atoms with Gasteiger partial charge in [-0.3, -0.25) is 4.79 Å². The number of carbonyl (C=O) groups excluding carboxylic acids is 1. The number of aryl methyl sites for hydroxylation is 1. The summed E-state index contributed by atoms with van der Waals surface area (Å²) in [4.78, 5) is 14.7. The molecule has 0 aromatic heterocycles. The number of hydrogen-bond donors (Lipinski definition) is 0. The van der Waals surface area contributed by atoms with Gasteiger partial charge in [0, 0.05) is 32.2 Å². The quantitative estimate of drug-likeness (QED) is 0.751. The van der Waals surface area contributed by atoms with E-state index in [0.717, 1.165) is 50.0 Å². The van der Waals surface area contributed by atoms with Crippen LogP contribution in [0, 0.1) is 6.92 Å². The van der Waals surface area contributed by atoms with Crippen LogP contribution in [0.3, 0.4) is 0 Å². The van der Waals surface area contributed by atoms with Crippen LogP contribution in [0.1, 0.15) is 48.5 Å². The smallest absolute Gasteiger partial charge is 0.163 e. The number of ether oxygens (including phenoxy) is 1. The van der Waals surface area contributed by atoms with Crippen molar-refractivity contribution in [2.24, 2.45) is 0 Å². The average molecular weight is 289 g/mol. The van der Waals surface area contributed by atoms with Gasteiger partial charge in [0.05, 0.1) is 5.60 Å². The predicted molar refractivity (Wildman–Crippen MR) is 85.8 cm³/mol. The van der Waals surface area contributed by atoms with Gasteiger partial charge in [-0.2, -0.15) is 0 Å². The monoisotopic (exact) mass is 289 g/mol. The van der Waals surface area contributed by atoms with Crippen LogP contribution in [0.5, 0.6) is 0 Å². The highest BCUT2D eigenvalue weighted by Gasteiger charge is 2.29. The maximum atomic E-state index is 12.2. The highest BCUT2D eigenvalue weighted by Crippen LogP contribution is 2.25. The van der Waals surface area contributed by atoms with Gasteiger partial charge >= 0.3 is 0 Å². The molecule has 0 bridgehead atoms. The second-order valence-corrected chi connectivity index (χ2v) is 6.34. The number of methoxy groups -OCH3 is 1. The third kappa shape index (κ3) is 4.39. The molecule has 0 unspecified atom stereocenters. The van der Waals surface area contributed by atoms with Gasteiger partial charge < -0.3 is 9.64 Å². The SMILES string of the molecule is COC1(C)CCN(CCCC(=O)c2ccccc2C)CC1. The molecule has 0 spiro atoms. The molecule has 0 atom stereocenters. The average Bonchev–Trinajstić information content (AvgIpc) is 2.50. The van der Waals surface area contributed by atoms with E-state index in [2.05, 4.69) is 11.8 Å². The molecule has 116 valence electrons. The molecule has 1 aromatic rings. The second kappa shape index (κ2) is 7.19. The highest BCUT2D eigenvalue weighted by atomic mass is 16.5. The van der Waals surface area contributed by atoms with E-state index < -0.39 is 0 Å². The van der Waals surface area contributed by atoms with E-state index in [4.69, 9.17) is 4.74 Å². The van der Waals surface area contributed by atoms with E-state index in [1.807, 2.05) is 31.2 Å². The molecule has 0 amide bonds. The molecule has 0 N–H and O–H groups in total. The van der Waals surface area contributed by atoms with Crippen molar-refractivity contribution in [1.29, 1.82) is 0 Å². The van der Waals surface area contributed by atoms with Gasteiger partial charge in [0.1, 0.15) is 0 Å². The summed E-state index contributed by atoms with van der Waals surface area (Å²) >= 11 is 0. The molecule has 21 heavy (non-hydrogen) atoms. The summed E-state index contributed by atoms with van der Waals surface area (Å²) in [7, 11) is 1.80. The van der Waals surface area contributed by atoms with Crippen LogP contribution in [0.15, 0.2) is 24.3 Å². The zero-order valence-corrected chi connectivity index (χ0v) is 13.5. The molecule has 3 nitrogen and oxygen atoms in total. The standard InChI is InChI=1S/C18H27NO2/c1-15-7-4-5-8-16(15)17(20)9-6-12-19-13-10-18(2,21-3)11-14-19/h4-5,7-8H,6,9-14H2,1-3H3. The van der Waals surface area contributed by atoms with Crippen LogP contribution in [0.25, 0.3) is 0 Å². The molecule has 2 rings (SSSR count). The zero-order chi connectivity index (χ0) is 15.3. The Hall–Kier alpha value is -1.19. The van der Waals surface area contributed by atoms with Crippen molar-refractivity contribution < 1.29 is 9.53 Å². The molecule has 3 heteroatoms. The summed E-state index contributed by atoms with van der Waals surface area (Å²) in [5.74, 6) is 0.270. The molecule has 0 aliphatic carbocycles. The number of benzene rings is 1. The Morgan fingerprint density at radius 2 is 1.95 bits per heavy atom. The Kier molecular flexibility index (Phi) is 5.54. The first-order valence-corrected chi connectivity index (χ1v) is 7.90. The van der Waals surface area contributed by atoms with Gasteiger partial charge in [-0.25, -0.2) is 0 Å². The second-order valence-electron chi connectivity index (χ2n) is 6.34. The van der Waals surface area contributed by atoms with Gasteiger partial charge in [0.2, 0.25) is 0 Å². The van der Waals surface area contributed by atoms with Gasteiger partial charge in [-0.05, 0) is 45.2 Å². The van der Waals surface area contributed by atoms with E-state index in [1.54, 1.807) is 7.11 Å². The fourth-order valence-electron chi connectivity index (χ4n) is 2.94. The number of likely N-dealkylation sites (tertiary alicyclic amines) is 1. The van der Waals surface area contributed by atoms with Crippen LogP contribution in [-0.4, -0.2) is 43.0 Å². The van der Waals surface area contributed by atoms with Crippen LogP contribution in [-0.2, 0) is 4.74 Å². The van der Waals surface area contributed by atoms with Crippen molar-refractivity contribution in [3.63, 3.8) is 0 Å². The van der Waals surface area contributed by atoms with Gasteiger partial charge in [0.25, 0.3) is 0 Å². The molecule has 1 aliphatic rings. The minimum Gasteiger partial charge on any atom is -0.378 e. The number of piperidine rings is 1. The Labute approximate surface area is 128 Å². The number of Topliss-reactive ketones (excluding diaryl/α,β-unsaturated/α-hetero) is 1. The molecule has 1 fully saturated rings. The lowest BCUT2D eigenvalue weighted by Crippen LogP contribution is -2.43. The minimum absolute atomic E-state index is 0.0491. The first-order chi connectivity index (χ1) is 10.0. The van der Waals surface area contributed by atoms with E-state index >= 15 is 0 Å². The first kappa shape index (κ1) is 16.2. The lowest BCUT2D eigenvalue weighted by molar-refractivity contribution is -0.0426. The van der Waals surface area contributed by atoms with Gasteiger partial charge in [0.15, 0.2) is 5.78 Å². The van der Waals surface area contributed by atoms with Gasteiger partial charge in [-0.15, -0.1) is 0 Å². The fourth-order valence-corrected chi connectivity index (χ4v) is 2.94. The third-order valence-electron chi connectivity index (χ3n) is 4.73. The maximum Gasteiger partial charge on any atom is 0.163 e. The Balaban J connectivity index is 1.73. The van der Waals surface area contributed by atoms with E-state index in [1.165, 1.54) is 0 Å². The molecule has 1 heterocycles. The topological polar surface area (TPSA) is 29.5 Å². The molecule has 1 aromatic carbocycles. The summed E-state index contributed by atoms with van der Waals surface area (Å²) in [6.07, 6.45) is 3.74. The third-order valence-corrected chi connectivity index (χ3v) is 4.73. The molecule has 0 radical (unpaired) electrons. The first-order valence-electron chi connectivity index (χ1n) is 7.90. The Morgan fingerprint density at radius 3 is 2.57 bits per heavy atom. The Bertz CT molecular complexity index is 476. The molecule has 1 aliphatic heterocycles. The number of rotatable bonds is 6. The van der Waals surface area contributed by atoms with Crippen molar-refractivity contribution in [1.82, 2.24) is 4.90 Å². The van der Waals surface area contributed by atoms with Crippen molar-refractivity contribution in [2.45, 2.75) is 45.1 Å². The van der Waals surface area contributed by atoms with Crippen LogP contribution in [0.4, 0.5) is 0 Å². The molecular formula is C18H27NO2. The van der Waals surface area contributed by atoms with Crippen LogP contribution in [0.2, 0.25) is 0 Å². The molecule has 0 saturated carbocycles. The number of nitrogens with zero attached hydrogens (tertiary/aromatic N) is 1. The van der Waals surface area contributed by atoms with Crippen molar-refractivity contribution in [3.8, 4) is 0 Å². The summed E-state index contributed by atoms with van der Waals surface area (Å²) in [5, 5.41) is 0. The van der Waals surface area contributed by atoms with Gasteiger partial charge in [-0.1, -0.05) is 24.3 Å². The predicted octanol–water partition coefficient (Wildman–Crippen LogP) is 3.46. The number of ketones is 1. The normalized spacial score (nSPS) is 18.6. The molecule has 1 saturated heterocycles. The molecular weight excluding hydrogens is 262 g/mol. The summed E-state index contributed by atoms with van der Waals surface area (Å²) in [6.45, 7) is 7.35. The number of hydrogen-bond acceptors (Lipinski definition) is 3. The summed E-state index contributed by atoms with van der Waals surface area (Å²) < 4.78 is 5.56. The van der Waals surface area contributed by atoms with Crippen LogP contribution < -0.4 is 0 Å². The fraction of sp³-hybridized carbons (Fsp3) is 0.611. The van der Waals surface area contributed by atoms with Crippen molar-refractivity contribution in [3.05, 3.63) is 35.4 Å². The van der Waals surface area contributed by atoms with Crippen molar-refractivity contribution in [2.75, 3.05) is 26.7 Å². The zero-order valence-electron chi connectivity index (χ0n) is 13.5. The van der Waals surface area contributed by atoms with E-state index in [9.17, 15) is 4.79 Å².